The molecule has 0 aliphatic heterocycles. The van der Waals surface area contributed by atoms with Crippen molar-refractivity contribution in [1.29, 1.82) is 0 Å². The summed E-state index contributed by atoms with van der Waals surface area (Å²) >= 11 is 0. The molecule has 3 aromatic rings. The Kier molecular flexibility index (Phi) is 7.10. The molecule has 0 radical (unpaired) electrons. The molecule has 1 nitrogen and oxygen atoms in total. The summed E-state index contributed by atoms with van der Waals surface area (Å²) < 4.78 is 78.2. The van der Waals surface area contributed by atoms with Gasteiger partial charge in [-0.2, -0.15) is 0 Å². The molecule has 0 aliphatic carbocycles. The minimum atomic E-state index is -1.67. The molecule has 6 heteroatoms. The molecule has 0 fully saturated rings. The van der Waals surface area contributed by atoms with Crippen molar-refractivity contribution < 1.29 is 26.7 Å². The second-order valence-corrected chi connectivity index (χ2v) is 6.89. The van der Waals surface area contributed by atoms with Gasteiger partial charge in [-0.1, -0.05) is 42.5 Å². The normalized spacial score (nSPS) is 12.5. The van der Waals surface area contributed by atoms with Crippen molar-refractivity contribution in [2.75, 3.05) is 6.61 Å². The zero-order valence-corrected chi connectivity index (χ0v) is 17.1. The standard InChI is InChI=1S/C25H21F5O/c1-3-5-6-7-15-8-10-16(11-9-15)21(26)22(27)18-14-17-12-13-19(31-4-2)24(29)20(17)25(30)23(18)28/h3,5,8-14H,4,6-7H2,1-2H3/b5-3+,22-21?. The maximum Gasteiger partial charge on any atom is 0.175 e. The van der Waals surface area contributed by atoms with Crippen LogP contribution >= 0.6 is 0 Å². The van der Waals surface area contributed by atoms with E-state index in [-0.39, 0.29) is 23.3 Å². The van der Waals surface area contributed by atoms with Gasteiger partial charge in [-0.05, 0) is 49.8 Å². The van der Waals surface area contributed by atoms with Crippen LogP contribution in [0.25, 0.3) is 22.4 Å². The van der Waals surface area contributed by atoms with Crippen LogP contribution in [0, 0.1) is 17.5 Å². The van der Waals surface area contributed by atoms with Gasteiger partial charge in [-0.15, -0.1) is 0 Å². The fraction of sp³-hybridized carbons (Fsp3) is 0.200. The topological polar surface area (TPSA) is 9.23 Å². The van der Waals surface area contributed by atoms with Crippen LogP contribution in [-0.2, 0) is 6.42 Å². The van der Waals surface area contributed by atoms with Crippen molar-refractivity contribution in [3.05, 3.63) is 88.8 Å². The lowest BCUT2D eigenvalue weighted by Gasteiger charge is -2.11. The van der Waals surface area contributed by atoms with Gasteiger partial charge in [0.15, 0.2) is 34.9 Å². The van der Waals surface area contributed by atoms with Gasteiger partial charge in [0.2, 0.25) is 0 Å². The summed E-state index contributed by atoms with van der Waals surface area (Å²) in [7, 11) is 0. The number of allylic oxidation sites excluding steroid dienone is 2. The van der Waals surface area contributed by atoms with Crippen molar-refractivity contribution in [2.45, 2.75) is 26.7 Å². The van der Waals surface area contributed by atoms with E-state index in [9.17, 15) is 22.0 Å². The Labute approximate surface area is 177 Å². The summed E-state index contributed by atoms with van der Waals surface area (Å²) in [6.45, 7) is 3.65. The number of hydrogen-bond donors (Lipinski definition) is 0. The molecule has 0 unspecified atom stereocenters. The van der Waals surface area contributed by atoms with E-state index < -0.39 is 40.1 Å². The molecule has 0 aromatic heterocycles. The molecule has 0 spiro atoms. The van der Waals surface area contributed by atoms with Gasteiger partial charge < -0.3 is 4.74 Å². The van der Waals surface area contributed by atoms with Crippen molar-refractivity contribution in [3.8, 4) is 5.75 Å². The highest BCUT2D eigenvalue weighted by molar-refractivity contribution is 5.91. The van der Waals surface area contributed by atoms with Gasteiger partial charge >= 0.3 is 0 Å². The number of fused-ring (bicyclic) bond motifs is 1. The molecular weight excluding hydrogens is 411 g/mol. The second-order valence-electron chi connectivity index (χ2n) is 6.89. The Morgan fingerprint density at radius 1 is 0.903 bits per heavy atom. The van der Waals surface area contributed by atoms with Gasteiger partial charge in [-0.25, -0.2) is 22.0 Å². The number of aryl methyl sites for hydroxylation is 1. The molecule has 0 saturated carbocycles. The Balaban J connectivity index is 2.02. The van der Waals surface area contributed by atoms with Gasteiger partial charge in [0, 0.05) is 5.56 Å². The van der Waals surface area contributed by atoms with Crippen LogP contribution in [-0.4, -0.2) is 6.61 Å². The summed E-state index contributed by atoms with van der Waals surface area (Å²) in [4.78, 5) is 0. The lowest BCUT2D eigenvalue weighted by atomic mass is 10.0. The summed E-state index contributed by atoms with van der Waals surface area (Å²) in [6.07, 6.45) is 5.46. The number of hydrogen-bond acceptors (Lipinski definition) is 1. The number of benzene rings is 3. The Hall–Kier alpha value is -3.15. The Morgan fingerprint density at radius 3 is 2.26 bits per heavy atom. The highest BCUT2D eigenvalue weighted by Crippen LogP contribution is 2.36. The van der Waals surface area contributed by atoms with Gasteiger partial charge in [0.25, 0.3) is 0 Å². The van der Waals surface area contributed by atoms with Crippen LogP contribution in [0.15, 0.2) is 54.6 Å². The lowest BCUT2D eigenvalue weighted by molar-refractivity contribution is 0.322. The molecule has 3 rings (SSSR count). The molecule has 0 N–H and O–H groups in total. The second kappa shape index (κ2) is 9.77. The average molecular weight is 432 g/mol. The molecule has 0 amide bonds. The minimum absolute atomic E-state index is 0.106. The molecule has 31 heavy (non-hydrogen) atoms. The summed E-state index contributed by atoms with van der Waals surface area (Å²) in [5.41, 5.74) is -0.0909. The highest BCUT2D eigenvalue weighted by Gasteiger charge is 2.23. The van der Waals surface area contributed by atoms with Crippen LogP contribution in [0.3, 0.4) is 0 Å². The molecule has 0 heterocycles. The first-order valence-electron chi connectivity index (χ1n) is 9.88. The Morgan fingerprint density at radius 2 is 1.61 bits per heavy atom. The van der Waals surface area contributed by atoms with E-state index in [2.05, 4.69) is 0 Å². The van der Waals surface area contributed by atoms with Crippen molar-refractivity contribution in [2.24, 2.45) is 0 Å². The third kappa shape index (κ3) is 4.63. The maximum atomic E-state index is 14.8. The third-order valence-corrected chi connectivity index (χ3v) is 4.86. The molecule has 0 aliphatic rings. The first-order valence-corrected chi connectivity index (χ1v) is 9.88. The van der Waals surface area contributed by atoms with E-state index in [1.807, 2.05) is 19.1 Å². The predicted molar refractivity (Wildman–Crippen MR) is 114 cm³/mol. The van der Waals surface area contributed by atoms with Crippen LogP contribution in [0.2, 0.25) is 0 Å². The highest BCUT2D eigenvalue weighted by atomic mass is 19.2. The average Bonchev–Trinajstić information content (AvgIpc) is 2.77. The third-order valence-electron chi connectivity index (χ3n) is 4.86. The first kappa shape index (κ1) is 22.5. The molecular formula is C25H21F5O. The van der Waals surface area contributed by atoms with E-state index in [1.165, 1.54) is 24.3 Å². The van der Waals surface area contributed by atoms with E-state index in [4.69, 9.17) is 4.74 Å². The SMILES string of the molecule is C/C=C/CCc1ccc(C(F)=C(F)c2cc3ccc(OCC)c(F)c3c(F)c2F)cc1. The van der Waals surface area contributed by atoms with Crippen molar-refractivity contribution in [1.82, 2.24) is 0 Å². The Bertz CT molecular complexity index is 1150. The predicted octanol–water partition coefficient (Wildman–Crippen LogP) is 7.93. The van der Waals surface area contributed by atoms with Crippen molar-refractivity contribution in [3.63, 3.8) is 0 Å². The van der Waals surface area contributed by atoms with Gasteiger partial charge in [0.05, 0.1) is 17.6 Å². The monoisotopic (exact) mass is 432 g/mol. The first-order chi connectivity index (χ1) is 14.9. The molecule has 0 saturated heterocycles. The number of halogens is 5. The van der Waals surface area contributed by atoms with Crippen LogP contribution in [0.5, 0.6) is 5.75 Å². The quantitative estimate of drug-likeness (QED) is 0.209. The largest absolute Gasteiger partial charge is 0.491 e. The molecule has 162 valence electrons. The van der Waals surface area contributed by atoms with E-state index >= 15 is 0 Å². The number of ether oxygens (including phenoxy) is 1. The van der Waals surface area contributed by atoms with Crippen molar-refractivity contribution >= 4 is 22.4 Å². The summed E-state index contributed by atoms with van der Waals surface area (Å²) in [5, 5.41) is -0.789. The minimum Gasteiger partial charge on any atom is -0.491 e. The van der Waals surface area contributed by atoms with Crippen LogP contribution in [0.1, 0.15) is 37.0 Å². The van der Waals surface area contributed by atoms with Gasteiger partial charge in [0.1, 0.15) is 0 Å². The fourth-order valence-corrected chi connectivity index (χ4v) is 3.27. The van der Waals surface area contributed by atoms with E-state index in [1.54, 1.807) is 19.1 Å². The van der Waals surface area contributed by atoms with E-state index in [0.717, 1.165) is 24.5 Å². The van der Waals surface area contributed by atoms with Crippen LogP contribution in [0.4, 0.5) is 22.0 Å². The fourth-order valence-electron chi connectivity index (χ4n) is 3.27. The zero-order valence-electron chi connectivity index (χ0n) is 17.1. The molecule has 0 bridgehead atoms. The number of rotatable bonds is 7. The smallest absolute Gasteiger partial charge is 0.175 e. The maximum absolute atomic E-state index is 14.8. The van der Waals surface area contributed by atoms with Crippen LogP contribution < -0.4 is 4.74 Å². The van der Waals surface area contributed by atoms with E-state index in [0.29, 0.717) is 0 Å². The zero-order chi connectivity index (χ0) is 22.5. The molecule has 3 aromatic carbocycles. The lowest BCUT2D eigenvalue weighted by Crippen LogP contribution is -2.00. The summed E-state index contributed by atoms with van der Waals surface area (Å²) in [5.74, 6) is -7.51. The molecule has 0 atom stereocenters. The summed E-state index contributed by atoms with van der Waals surface area (Å²) in [6, 6.07) is 9.42. The van der Waals surface area contributed by atoms with Gasteiger partial charge in [-0.3, -0.25) is 0 Å².